The van der Waals surface area contributed by atoms with E-state index in [0.29, 0.717) is 5.69 Å². The lowest BCUT2D eigenvalue weighted by Crippen LogP contribution is -2.27. The summed E-state index contributed by atoms with van der Waals surface area (Å²) in [7, 11) is 0. The van der Waals surface area contributed by atoms with Crippen LogP contribution in [0.15, 0.2) is 30.3 Å². The lowest BCUT2D eigenvalue weighted by Gasteiger charge is -2.11. The van der Waals surface area contributed by atoms with E-state index in [9.17, 15) is 14.4 Å². The molecular weight excluding hydrogens is 246 g/mol. The molecule has 0 aliphatic carbocycles. The van der Waals surface area contributed by atoms with Crippen molar-refractivity contribution in [1.29, 1.82) is 0 Å². The van der Waals surface area contributed by atoms with E-state index in [1.807, 2.05) is 6.07 Å². The van der Waals surface area contributed by atoms with Crippen molar-refractivity contribution in [3.8, 4) is 0 Å². The van der Waals surface area contributed by atoms with Crippen LogP contribution in [0.3, 0.4) is 0 Å². The fraction of sp³-hybridized carbons (Fsp3) is 0.357. The maximum atomic E-state index is 11.8. The number of hydrogen-bond donors (Lipinski definition) is 2. The molecule has 1 atom stereocenters. The van der Waals surface area contributed by atoms with E-state index in [-0.39, 0.29) is 31.0 Å². The topological polar surface area (TPSA) is 83.5 Å². The summed E-state index contributed by atoms with van der Waals surface area (Å²) in [6.07, 6.45) is 0.311. The Kier molecular flexibility index (Phi) is 5.73. The molecule has 5 heteroatoms. The number of carbonyl (C=O) groups is 3. The van der Waals surface area contributed by atoms with Crippen LogP contribution in [0.1, 0.15) is 26.2 Å². The summed E-state index contributed by atoms with van der Waals surface area (Å²) in [6.45, 7) is 1.53. The Labute approximate surface area is 111 Å². The molecule has 0 bridgehead atoms. The minimum absolute atomic E-state index is 0.0568. The summed E-state index contributed by atoms with van der Waals surface area (Å²) in [5, 5.41) is 11.1. The third kappa shape index (κ3) is 5.33. The minimum Gasteiger partial charge on any atom is -0.481 e. The smallest absolute Gasteiger partial charge is 0.303 e. The lowest BCUT2D eigenvalue weighted by molar-refractivity contribution is -0.137. The van der Waals surface area contributed by atoms with E-state index in [2.05, 4.69) is 5.32 Å². The van der Waals surface area contributed by atoms with Gasteiger partial charge in [0.15, 0.2) is 0 Å². The van der Waals surface area contributed by atoms with Gasteiger partial charge in [0, 0.05) is 18.5 Å². The summed E-state index contributed by atoms with van der Waals surface area (Å²) in [5.41, 5.74) is 0.637. The van der Waals surface area contributed by atoms with Crippen molar-refractivity contribution in [2.24, 2.45) is 5.92 Å². The first kappa shape index (κ1) is 14.9. The van der Waals surface area contributed by atoms with Crippen molar-refractivity contribution >= 4 is 23.3 Å². The number of ketones is 1. The molecule has 0 saturated heterocycles. The molecule has 0 heterocycles. The molecule has 2 N–H and O–H groups in total. The highest BCUT2D eigenvalue weighted by Gasteiger charge is 2.21. The highest BCUT2D eigenvalue weighted by Crippen LogP contribution is 2.10. The number of rotatable bonds is 7. The molecule has 0 spiro atoms. The van der Waals surface area contributed by atoms with Crippen LogP contribution in [0.2, 0.25) is 0 Å². The molecule has 5 nitrogen and oxygen atoms in total. The van der Waals surface area contributed by atoms with Crippen LogP contribution in [-0.2, 0) is 14.4 Å². The Morgan fingerprint density at radius 1 is 1.16 bits per heavy atom. The maximum absolute atomic E-state index is 11.8. The molecular formula is C14H17NO4. The number of carboxylic acid groups (broad SMARTS) is 1. The van der Waals surface area contributed by atoms with Gasteiger partial charge in [0.1, 0.15) is 5.78 Å². The number of benzene rings is 1. The zero-order chi connectivity index (χ0) is 14.3. The predicted molar refractivity (Wildman–Crippen MR) is 70.7 cm³/mol. The van der Waals surface area contributed by atoms with Gasteiger partial charge in [-0.2, -0.15) is 0 Å². The van der Waals surface area contributed by atoms with Gasteiger partial charge in [-0.15, -0.1) is 0 Å². The van der Waals surface area contributed by atoms with E-state index in [1.165, 1.54) is 6.92 Å². The number of nitrogens with one attached hydrogen (secondary N) is 1. The second-order valence-electron chi connectivity index (χ2n) is 4.29. The summed E-state index contributed by atoms with van der Waals surface area (Å²) in [6, 6.07) is 8.87. The van der Waals surface area contributed by atoms with Crippen molar-refractivity contribution in [1.82, 2.24) is 0 Å². The fourth-order valence-corrected chi connectivity index (χ4v) is 1.55. The number of carboxylic acids is 1. The Balaban J connectivity index is 2.43. The zero-order valence-corrected chi connectivity index (χ0v) is 10.8. The molecule has 0 saturated carbocycles. The highest BCUT2D eigenvalue weighted by atomic mass is 16.4. The van der Waals surface area contributed by atoms with Crippen molar-refractivity contribution in [3.63, 3.8) is 0 Å². The van der Waals surface area contributed by atoms with Gasteiger partial charge in [-0.1, -0.05) is 18.2 Å². The molecule has 1 amide bonds. The van der Waals surface area contributed by atoms with Gasteiger partial charge in [0.2, 0.25) is 5.91 Å². The van der Waals surface area contributed by atoms with Gasteiger partial charge < -0.3 is 10.4 Å². The van der Waals surface area contributed by atoms with Crippen molar-refractivity contribution in [2.75, 3.05) is 5.32 Å². The molecule has 1 rings (SSSR count). The van der Waals surface area contributed by atoms with Crippen LogP contribution in [0, 0.1) is 5.92 Å². The lowest BCUT2D eigenvalue weighted by atomic mass is 10.0. The quantitative estimate of drug-likeness (QED) is 0.738. The monoisotopic (exact) mass is 263 g/mol. The molecule has 1 aromatic rings. The van der Waals surface area contributed by atoms with Crippen molar-refractivity contribution < 1.29 is 19.5 Å². The van der Waals surface area contributed by atoms with Gasteiger partial charge in [-0.3, -0.25) is 14.4 Å². The summed E-state index contributed by atoms with van der Waals surface area (Å²) in [5.74, 6) is -2.32. The molecule has 102 valence electrons. The number of Topliss-reactive ketones (excluding diaryl/α,β-unsaturated/α-hetero) is 1. The van der Waals surface area contributed by atoms with E-state index in [0.717, 1.165) is 0 Å². The molecule has 19 heavy (non-hydrogen) atoms. The van der Waals surface area contributed by atoms with E-state index in [4.69, 9.17) is 5.11 Å². The van der Waals surface area contributed by atoms with Crippen LogP contribution < -0.4 is 5.32 Å². The standard InChI is InChI=1S/C14H17NO4/c1-10(12(16)8-5-9-13(17)18)14(19)15-11-6-3-2-4-7-11/h2-4,6-7,10H,5,8-9H2,1H3,(H,15,19)(H,17,18). The average molecular weight is 263 g/mol. The van der Waals surface area contributed by atoms with Gasteiger partial charge in [0.25, 0.3) is 0 Å². The highest BCUT2D eigenvalue weighted by molar-refractivity contribution is 6.06. The summed E-state index contributed by atoms with van der Waals surface area (Å²) < 4.78 is 0. The van der Waals surface area contributed by atoms with Gasteiger partial charge in [-0.25, -0.2) is 0 Å². The average Bonchev–Trinajstić information content (AvgIpc) is 2.38. The molecule has 0 fully saturated rings. The van der Waals surface area contributed by atoms with Gasteiger partial charge in [0.05, 0.1) is 5.92 Å². The minimum atomic E-state index is -0.936. The Morgan fingerprint density at radius 3 is 2.37 bits per heavy atom. The zero-order valence-electron chi connectivity index (χ0n) is 10.8. The molecule has 0 aliphatic rings. The van der Waals surface area contributed by atoms with E-state index < -0.39 is 11.9 Å². The van der Waals surface area contributed by atoms with Crippen molar-refractivity contribution in [3.05, 3.63) is 30.3 Å². The van der Waals surface area contributed by atoms with Crippen LogP contribution in [0.25, 0.3) is 0 Å². The number of amides is 1. The first-order valence-corrected chi connectivity index (χ1v) is 6.11. The van der Waals surface area contributed by atoms with E-state index in [1.54, 1.807) is 24.3 Å². The Hall–Kier alpha value is -2.17. The number of hydrogen-bond acceptors (Lipinski definition) is 3. The first-order chi connectivity index (χ1) is 9.00. The second-order valence-corrected chi connectivity index (χ2v) is 4.29. The molecule has 0 radical (unpaired) electrons. The first-order valence-electron chi connectivity index (χ1n) is 6.11. The van der Waals surface area contributed by atoms with Crippen molar-refractivity contribution in [2.45, 2.75) is 26.2 Å². The predicted octanol–water partition coefficient (Wildman–Crippen LogP) is 2.09. The van der Waals surface area contributed by atoms with Crippen LogP contribution >= 0.6 is 0 Å². The molecule has 0 aromatic heterocycles. The van der Waals surface area contributed by atoms with Gasteiger partial charge >= 0.3 is 5.97 Å². The number of carbonyl (C=O) groups excluding carboxylic acids is 2. The fourth-order valence-electron chi connectivity index (χ4n) is 1.55. The van der Waals surface area contributed by atoms with Gasteiger partial charge in [-0.05, 0) is 25.5 Å². The molecule has 1 unspecified atom stereocenters. The number of para-hydroxylation sites is 1. The third-order valence-electron chi connectivity index (χ3n) is 2.73. The van der Waals surface area contributed by atoms with Crippen LogP contribution in [-0.4, -0.2) is 22.8 Å². The maximum Gasteiger partial charge on any atom is 0.303 e. The largest absolute Gasteiger partial charge is 0.481 e. The summed E-state index contributed by atoms with van der Waals surface area (Å²) >= 11 is 0. The normalized spacial score (nSPS) is 11.6. The SMILES string of the molecule is CC(C(=O)CCCC(=O)O)C(=O)Nc1ccccc1. The third-order valence-corrected chi connectivity index (χ3v) is 2.73. The second kappa shape index (κ2) is 7.31. The molecule has 1 aromatic carbocycles. The number of aliphatic carboxylic acids is 1. The van der Waals surface area contributed by atoms with E-state index >= 15 is 0 Å². The number of anilines is 1. The Bertz CT molecular complexity index is 456. The summed E-state index contributed by atoms with van der Waals surface area (Å²) in [4.78, 5) is 33.8. The Morgan fingerprint density at radius 2 is 1.79 bits per heavy atom. The molecule has 0 aliphatic heterocycles. The van der Waals surface area contributed by atoms with Crippen LogP contribution in [0.4, 0.5) is 5.69 Å². The van der Waals surface area contributed by atoms with Crippen LogP contribution in [0.5, 0.6) is 0 Å².